The van der Waals surface area contributed by atoms with E-state index in [9.17, 15) is 9.18 Å². The molecule has 3 aliphatic rings. The van der Waals surface area contributed by atoms with Crippen LogP contribution in [0.3, 0.4) is 0 Å². The minimum Gasteiger partial charge on any atom is -0.454 e. The number of ether oxygens (including phenoxy) is 2. The maximum absolute atomic E-state index is 14.1. The van der Waals surface area contributed by atoms with E-state index >= 15 is 0 Å². The molecular weight excluding hydrogens is 385 g/mol. The van der Waals surface area contributed by atoms with E-state index < -0.39 is 0 Å². The minimum absolute atomic E-state index is 0.120. The summed E-state index contributed by atoms with van der Waals surface area (Å²) in [7, 11) is 1.91. The third kappa shape index (κ3) is 3.57. The predicted molar refractivity (Wildman–Crippen MR) is 110 cm³/mol. The van der Waals surface area contributed by atoms with Gasteiger partial charge in [-0.05, 0) is 54.9 Å². The van der Waals surface area contributed by atoms with Gasteiger partial charge in [0.05, 0.1) is 18.3 Å². The Labute approximate surface area is 175 Å². The summed E-state index contributed by atoms with van der Waals surface area (Å²) in [4.78, 5) is 20.8. The lowest BCUT2D eigenvalue weighted by Crippen LogP contribution is -2.39. The summed E-state index contributed by atoms with van der Waals surface area (Å²) in [5.74, 6) is 2.37. The van der Waals surface area contributed by atoms with Crippen LogP contribution in [0.2, 0.25) is 0 Å². The Morgan fingerprint density at radius 3 is 2.93 bits per heavy atom. The van der Waals surface area contributed by atoms with Crippen molar-refractivity contribution < 1.29 is 18.7 Å². The molecule has 158 valence electrons. The van der Waals surface area contributed by atoms with Crippen LogP contribution < -0.4 is 14.4 Å². The van der Waals surface area contributed by atoms with Gasteiger partial charge in [-0.3, -0.25) is 9.78 Å². The number of rotatable bonds is 4. The molecule has 0 spiro atoms. The summed E-state index contributed by atoms with van der Waals surface area (Å²) in [6.07, 6.45) is 6.31. The van der Waals surface area contributed by atoms with Crippen molar-refractivity contribution in [3.8, 4) is 11.5 Å². The quantitative estimate of drug-likeness (QED) is 0.773. The Morgan fingerprint density at radius 1 is 1.23 bits per heavy atom. The Balaban J connectivity index is 1.21. The van der Waals surface area contributed by atoms with Crippen LogP contribution in [0.1, 0.15) is 24.8 Å². The molecule has 1 aliphatic carbocycles. The smallest absolute Gasteiger partial charge is 0.231 e. The van der Waals surface area contributed by atoms with Gasteiger partial charge in [0.1, 0.15) is 0 Å². The van der Waals surface area contributed by atoms with E-state index in [0.29, 0.717) is 29.7 Å². The first-order valence-corrected chi connectivity index (χ1v) is 10.6. The number of pyridine rings is 1. The maximum atomic E-state index is 14.1. The number of anilines is 1. The second-order valence-corrected chi connectivity index (χ2v) is 8.58. The first kappa shape index (κ1) is 19.2. The van der Waals surface area contributed by atoms with Crippen molar-refractivity contribution in [1.29, 1.82) is 0 Å². The standard InChI is InChI=1S/C23H26FN3O3/c1-26(23(28)9-15-2-3-21-22(8-15)30-14-29-21)18-10-16-5-7-27(13-17(16)11-18)20-4-6-25-12-19(20)24/h2-4,6,8,12,16-18H,5,7,9-11,13-14H2,1H3/t16-,17-,18+/m1/s1. The van der Waals surface area contributed by atoms with Crippen molar-refractivity contribution in [1.82, 2.24) is 9.88 Å². The molecule has 1 aromatic heterocycles. The molecule has 2 aromatic rings. The fourth-order valence-corrected chi connectivity index (χ4v) is 5.17. The molecule has 5 rings (SSSR count). The zero-order valence-electron chi connectivity index (χ0n) is 17.1. The SMILES string of the molecule is CN(C(=O)Cc1ccc2c(c1)OCO2)[C@H]1C[C@H]2CCN(c3ccncc3F)C[C@H]2C1. The van der Waals surface area contributed by atoms with Gasteiger partial charge in [-0.25, -0.2) is 4.39 Å². The summed E-state index contributed by atoms with van der Waals surface area (Å²) in [5.41, 5.74) is 1.57. The molecule has 2 aliphatic heterocycles. The van der Waals surface area contributed by atoms with Gasteiger partial charge in [-0.2, -0.15) is 0 Å². The van der Waals surface area contributed by atoms with Crippen LogP contribution >= 0.6 is 0 Å². The highest BCUT2D eigenvalue weighted by Gasteiger charge is 2.40. The number of piperidine rings is 1. The number of likely N-dealkylation sites (N-methyl/N-ethyl adjacent to an activating group) is 1. The molecule has 0 unspecified atom stereocenters. The van der Waals surface area contributed by atoms with Crippen molar-refractivity contribution in [3.63, 3.8) is 0 Å². The summed E-state index contributed by atoms with van der Waals surface area (Å²) in [6, 6.07) is 7.67. The van der Waals surface area contributed by atoms with Crippen molar-refractivity contribution in [3.05, 3.63) is 48.0 Å². The first-order valence-electron chi connectivity index (χ1n) is 10.6. The van der Waals surface area contributed by atoms with Crippen molar-refractivity contribution in [2.75, 3.05) is 31.8 Å². The van der Waals surface area contributed by atoms with E-state index in [1.165, 1.54) is 6.20 Å². The molecule has 0 radical (unpaired) electrons. The summed E-state index contributed by atoms with van der Waals surface area (Å²) < 4.78 is 24.9. The molecule has 7 heteroatoms. The molecule has 0 bridgehead atoms. The average Bonchev–Trinajstić information content (AvgIpc) is 3.39. The summed E-state index contributed by atoms with van der Waals surface area (Å²) in [6.45, 7) is 1.92. The van der Waals surface area contributed by atoms with E-state index in [-0.39, 0.29) is 24.6 Å². The van der Waals surface area contributed by atoms with Crippen LogP contribution in [-0.2, 0) is 11.2 Å². The number of benzene rings is 1. The highest BCUT2D eigenvalue weighted by atomic mass is 19.1. The average molecular weight is 411 g/mol. The number of carbonyl (C=O) groups excluding carboxylic acids is 1. The molecule has 3 heterocycles. The molecular formula is C23H26FN3O3. The van der Waals surface area contributed by atoms with Crippen LogP contribution in [0.25, 0.3) is 0 Å². The predicted octanol–water partition coefficient (Wildman–Crippen LogP) is 3.26. The molecule has 1 aromatic carbocycles. The third-order valence-corrected chi connectivity index (χ3v) is 6.87. The van der Waals surface area contributed by atoms with E-state index in [2.05, 4.69) is 9.88 Å². The third-order valence-electron chi connectivity index (χ3n) is 6.87. The number of aromatic nitrogens is 1. The number of fused-ring (bicyclic) bond motifs is 2. The van der Waals surface area contributed by atoms with Crippen LogP contribution in [-0.4, -0.2) is 48.8 Å². The van der Waals surface area contributed by atoms with Gasteiger partial charge < -0.3 is 19.3 Å². The molecule has 3 atom stereocenters. The fourth-order valence-electron chi connectivity index (χ4n) is 5.17. The van der Waals surface area contributed by atoms with Crippen molar-refractivity contribution in [2.24, 2.45) is 11.8 Å². The van der Waals surface area contributed by atoms with Crippen LogP contribution in [0.15, 0.2) is 36.7 Å². The van der Waals surface area contributed by atoms with Crippen LogP contribution in [0, 0.1) is 17.7 Å². The van der Waals surface area contributed by atoms with E-state index in [0.717, 1.165) is 43.7 Å². The van der Waals surface area contributed by atoms with Gasteiger partial charge in [-0.1, -0.05) is 6.07 Å². The van der Waals surface area contributed by atoms with Crippen LogP contribution in [0.4, 0.5) is 10.1 Å². The number of hydrogen-bond acceptors (Lipinski definition) is 5. The fraction of sp³-hybridized carbons (Fsp3) is 0.478. The van der Waals surface area contributed by atoms with Gasteiger partial charge in [-0.15, -0.1) is 0 Å². The Hall–Kier alpha value is -2.83. The number of amides is 1. The molecule has 1 amide bonds. The normalized spacial score (nSPS) is 24.6. The molecule has 1 saturated heterocycles. The zero-order chi connectivity index (χ0) is 20.7. The second kappa shape index (κ2) is 7.78. The zero-order valence-corrected chi connectivity index (χ0v) is 17.1. The minimum atomic E-state index is -0.262. The number of carbonyl (C=O) groups is 1. The maximum Gasteiger partial charge on any atom is 0.231 e. The van der Waals surface area contributed by atoms with Gasteiger partial charge in [0.2, 0.25) is 12.7 Å². The van der Waals surface area contributed by atoms with Gasteiger partial charge >= 0.3 is 0 Å². The molecule has 6 nitrogen and oxygen atoms in total. The number of nitrogens with zero attached hydrogens (tertiary/aromatic N) is 3. The highest BCUT2D eigenvalue weighted by Crippen LogP contribution is 2.41. The number of halogens is 1. The molecule has 30 heavy (non-hydrogen) atoms. The summed E-state index contributed by atoms with van der Waals surface area (Å²) >= 11 is 0. The molecule has 1 saturated carbocycles. The lowest BCUT2D eigenvalue weighted by atomic mass is 9.88. The van der Waals surface area contributed by atoms with Gasteiger partial charge in [0, 0.05) is 32.4 Å². The lowest BCUT2D eigenvalue weighted by molar-refractivity contribution is -0.131. The van der Waals surface area contributed by atoms with Gasteiger partial charge in [0.25, 0.3) is 0 Å². The Bertz CT molecular complexity index is 953. The monoisotopic (exact) mass is 411 g/mol. The Morgan fingerprint density at radius 2 is 2.07 bits per heavy atom. The summed E-state index contributed by atoms with van der Waals surface area (Å²) in [5, 5.41) is 0. The Kier molecular flexibility index (Phi) is 4.97. The van der Waals surface area contributed by atoms with Crippen molar-refractivity contribution in [2.45, 2.75) is 31.7 Å². The van der Waals surface area contributed by atoms with Crippen LogP contribution in [0.5, 0.6) is 11.5 Å². The number of hydrogen-bond donors (Lipinski definition) is 0. The molecule has 2 fully saturated rings. The topological polar surface area (TPSA) is 54.9 Å². The first-order chi connectivity index (χ1) is 14.6. The van der Waals surface area contributed by atoms with Gasteiger partial charge in [0.15, 0.2) is 17.3 Å². The van der Waals surface area contributed by atoms with E-state index in [1.807, 2.05) is 30.1 Å². The highest BCUT2D eigenvalue weighted by molar-refractivity contribution is 5.79. The van der Waals surface area contributed by atoms with Crippen molar-refractivity contribution >= 4 is 11.6 Å². The lowest BCUT2D eigenvalue weighted by Gasteiger charge is -2.36. The van der Waals surface area contributed by atoms with E-state index in [4.69, 9.17) is 9.47 Å². The molecule has 0 N–H and O–H groups in total. The van der Waals surface area contributed by atoms with E-state index in [1.54, 1.807) is 12.3 Å². The largest absolute Gasteiger partial charge is 0.454 e. The second-order valence-electron chi connectivity index (χ2n) is 8.58.